The maximum Gasteiger partial charge on any atom is 0.241 e. The molecule has 144 valence electrons. The van der Waals surface area contributed by atoms with Gasteiger partial charge in [-0.25, -0.2) is 4.39 Å². The lowest BCUT2D eigenvalue weighted by Gasteiger charge is -2.58. The van der Waals surface area contributed by atoms with Gasteiger partial charge in [-0.3, -0.25) is 4.79 Å². The molecule has 26 heavy (non-hydrogen) atoms. The van der Waals surface area contributed by atoms with Crippen LogP contribution in [0.3, 0.4) is 0 Å². The zero-order chi connectivity index (χ0) is 18.9. The molecule has 1 aliphatic carbocycles. The van der Waals surface area contributed by atoms with Gasteiger partial charge in [0.1, 0.15) is 11.4 Å². The van der Waals surface area contributed by atoms with Crippen molar-refractivity contribution in [2.75, 3.05) is 24.6 Å². The first kappa shape index (κ1) is 19.1. The van der Waals surface area contributed by atoms with Crippen molar-refractivity contribution in [1.82, 2.24) is 5.32 Å². The van der Waals surface area contributed by atoms with Gasteiger partial charge in [-0.05, 0) is 38.0 Å². The van der Waals surface area contributed by atoms with Crippen molar-refractivity contribution in [2.45, 2.75) is 57.7 Å². The van der Waals surface area contributed by atoms with Crippen LogP contribution in [0.4, 0.5) is 10.1 Å². The van der Waals surface area contributed by atoms with E-state index in [2.05, 4.69) is 10.2 Å². The summed E-state index contributed by atoms with van der Waals surface area (Å²) in [5, 5.41) is 3.14. The average molecular weight is 363 g/mol. The smallest absolute Gasteiger partial charge is 0.241 e. The summed E-state index contributed by atoms with van der Waals surface area (Å²) in [4.78, 5) is 15.0. The number of nitrogens with two attached hydrogens (primary N) is 1. The number of rotatable bonds is 5. The molecule has 1 aromatic rings. The van der Waals surface area contributed by atoms with Crippen molar-refractivity contribution in [3.8, 4) is 0 Å². The molecule has 0 bridgehead atoms. The first-order chi connectivity index (χ1) is 12.3. The summed E-state index contributed by atoms with van der Waals surface area (Å²) in [6, 6.07) is 6.61. The lowest BCUT2D eigenvalue weighted by atomic mass is 9.54. The van der Waals surface area contributed by atoms with Gasteiger partial charge in [0, 0.05) is 43.3 Å². The number of ether oxygens (including phenoxy) is 1. The van der Waals surface area contributed by atoms with E-state index in [1.165, 1.54) is 12.1 Å². The Kier molecular flexibility index (Phi) is 5.26. The second-order valence-corrected chi connectivity index (χ2v) is 8.08. The summed E-state index contributed by atoms with van der Waals surface area (Å²) in [6.45, 7) is 8.10. The lowest BCUT2D eigenvalue weighted by Crippen LogP contribution is -2.76. The molecule has 6 heteroatoms. The Morgan fingerprint density at radius 2 is 2.23 bits per heavy atom. The van der Waals surface area contributed by atoms with Crippen LogP contribution in [0.5, 0.6) is 0 Å². The zero-order valence-corrected chi connectivity index (χ0v) is 15.9. The van der Waals surface area contributed by atoms with Crippen LogP contribution in [-0.2, 0) is 9.53 Å². The third-order valence-corrected chi connectivity index (χ3v) is 6.17. The third-order valence-electron chi connectivity index (χ3n) is 6.17. The second-order valence-electron chi connectivity index (χ2n) is 8.08. The van der Waals surface area contributed by atoms with Crippen molar-refractivity contribution < 1.29 is 13.9 Å². The first-order valence-electron chi connectivity index (χ1n) is 9.50. The van der Waals surface area contributed by atoms with E-state index in [-0.39, 0.29) is 23.9 Å². The summed E-state index contributed by atoms with van der Waals surface area (Å²) in [5.41, 5.74) is 6.02. The van der Waals surface area contributed by atoms with Gasteiger partial charge in [-0.1, -0.05) is 19.9 Å². The molecule has 1 aromatic carbocycles. The maximum absolute atomic E-state index is 13.5. The number of amides is 1. The Morgan fingerprint density at radius 3 is 2.88 bits per heavy atom. The maximum atomic E-state index is 13.5. The van der Waals surface area contributed by atoms with E-state index in [0.29, 0.717) is 19.6 Å². The van der Waals surface area contributed by atoms with E-state index in [0.717, 1.165) is 25.1 Å². The fraction of sp³-hybridized carbons (Fsp3) is 0.650. The molecule has 0 spiro atoms. The van der Waals surface area contributed by atoms with Gasteiger partial charge in [-0.2, -0.15) is 0 Å². The fourth-order valence-corrected chi connectivity index (χ4v) is 4.14. The summed E-state index contributed by atoms with van der Waals surface area (Å²) >= 11 is 0. The predicted octanol–water partition coefficient (Wildman–Crippen LogP) is 2.44. The van der Waals surface area contributed by atoms with Crippen LogP contribution < -0.4 is 16.0 Å². The van der Waals surface area contributed by atoms with Crippen LogP contribution >= 0.6 is 0 Å². The number of hydrogen-bond donors (Lipinski definition) is 2. The summed E-state index contributed by atoms with van der Waals surface area (Å²) in [7, 11) is 0. The number of carbonyl (C=O) groups excluding carboxylic acids is 1. The zero-order valence-electron chi connectivity index (χ0n) is 15.9. The molecule has 3 N–H and O–H groups in total. The number of carbonyl (C=O) groups is 1. The van der Waals surface area contributed by atoms with Crippen molar-refractivity contribution in [1.29, 1.82) is 0 Å². The number of anilines is 1. The standard InChI is InChI=1S/C20H30FN3O2/c1-4-26-17-12-20(22,19(17,2)3)18(25)23-15-8-6-10-24(13-15)16-9-5-7-14(21)11-16/h5,7,9,11,15,17H,4,6,8,10,12-13,22H2,1-3H3,(H,23,25). The Morgan fingerprint density at radius 1 is 1.46 bits per heavy atom. The molecule has 1 saturated carbocycles. The molecule has 3 atom stereocenters. The highest BCUT2D eigenvalue weighted by Crippen LogP contribution is 2.49. The molecule has 1 saturated heterocycles. The van der Waals surface area contributed by atoms with Crippen LogP contribution in [0.15, 0.2) is 24.3 Å². The lowest BCUT2D eigenvalue weighted by molar-refractivity contribution is -0.171. The van der Waals surface area contributed by atoms with E-state index >= 15 is 0 Å². The van der Waals surface area contributed by atoms with E-state index in [1.54, 1.807) is 6.07 Å². The van der Waals surface area contributed by atoms with E-state index in [1.807, 2.05) is 26.8 Å². The first-order valence-corrected chi connectivity index (χ1v) is 9.50. The van der Waals surface area contributed by atoms with Gasteiger partial charge in [0.05, 0.1) is 6.10 Å². The number of hydrogen-bond acceptors (Lipinski definition) is 4. The van der Waals surface area contributed by atoms with Gasteiger partial charge in [0.15, 0.2) is 0 Å². The quantitative estimate of drug-likeness (QED) is 0.843. The minimum Gasteiger partial charge on any atom is -0.378 e. The fourth-order valence-electron chi connectivity index (χ4n) is 4.14. The molecule has 2 aliphatic rings. The van der Waals surface area contributed by atoms with Gasteiger partial charge >= 0.3 is 0 Å². The van der Waals surface area contributed by atoms with Gasteiger partial charge in [0.25, 0.3) is 0 Å². The van der Waals surface area contributed by atoms with Crippen LogP contribution in [0.25, 0.3) is 0 Å². The number of nitrogens with zero attached hydrogens (tertiary/aromatic N) is 1. The Labute approximate surface area is 155 Å². The van der Waals surface area contributed by atoms with Gasteiger partial charge in [-0.15, -0.1) is 0 Å². The van der Waals surface area contributed by atoms with E-state index in [4.69, 9.17) is 10.5 Å². The second kappa shape index (κ2) is 7.16. The molecule has 3 rings (SSSR count). The van der Waals surface area contributed by atoms with Crippen LogP contribution in [0.2, 0.25) is 0 Å². The van der Waals surface area contributed by atoms with Crippen LogP contribution in [0.1, 0.15) is 40.0 Å². The summed E-state index contributed by atoms with van der Waals surface area (Å²) in [6.07, 6.45) is 2.41. The molecule has 0 radical (unpaired) electrons. The largest absolute Gasteiger partial charge is 0.378 e. The number of benzene rings is 1. The van der Waals surface area contributed by atoms with Gasteiger partial charge in [0.2, 0.25) is 5.91 Å². The molecule has 0 aromatic heterocycles. The van der Waals surface area contributed by atoms with Gasteiger partial charge < -0.3 is 20.7 Å². The Hall–Kier alpha value is -1.66. The number of nitrogens with one attached hydrogen (secondary N) is 1. The molecule has 3 unspecified atom stereocenters. The summed E-state index contributed by atoms with van der Waals surface area (Å²) in [5.74, 6) is -0.350. The molecule has 2 fully saturated rings. The average Bonchev–Trinajstić information content (AvgIpc) is 2.61. The normalized spacial score (nSPS) is 30.6. The topological polar surface area (TPSA) is 67.6 Å². The Bertz CT molecular complexity index is 666. The number of piperidine rings is 1. The highest BCUT2D eigenvalue weighted by Gasteiger charge is 2.63. The molecule has 1 amide bonds. The van der Waals surface area contributed by atoms with Crippen LogP contribution in [0, 0.1) is 11.2 Å². The van der Waals surface area contributed by atoms with Crippen LogP contribution in [-0.4, -0.2) is 43.3 Å². The minimum absolute atomic E-state index is 0.0124. The van der Waals surface area contributed by atoms with E-state index < -0.39 is 11.0 Å². The van der Waals surface area contributed by atoms with Crippen molar-refractivity contribution in [3.05, 3.63) is 30.1 Å². The van der Waals surface area contributed by atoms with E-state index in [9.17, 15) is 9.18 Å². The molecular weight excluding hydrogens is 333 g/mol. The highest BCUT2D eigenvalue weighted by atomic mass is 19.1. The number of halogens is 1. The minimum atomic E-state index is -0.909. The molecule has 1 heterocycles. The van der Waals surface area contributed by atoms with Crippen molar-refractivity contribution >= 4 is 11.6 Å². The van der Waals surface area contributed by atoms with Crippen molar-refractivity contribution in [3.63, 3.8) is 0 Å². The Balaban J connectivity index is 1.63. The molecule has 5 nitrogen and oxygen atoms in total. The SMILES string of the molecule is CCOC1CC(N)(C(=O)NC2CCCN(c3cccc(F)c3)C2)C1(C)C. The summed E-state index contributed by atoms with van der Waals surface area (Å²) < 4.78 is 19.2. The monoisotopic (exact) mass is 363 g/mol. The predicted molar refractivity (Wildman–Crippen MR) is 101 cm³/mol. The molecule has 1 aliphatic heterocycles. The third kappa shape index (κ3) is 3.32. The highest BCUT2D eigenvalue weighted by molar-refractivity contribution is 5.89. The molecular formula is C20H30FN3O2. The van der Waals surface area contributed by atoms with Crippen molar-refractivity contribution in [2.24, 2.45) is 11.1 Å².